The van der Waals surface area contributed by atoms with Crippen LogP contribution in [0.15, 0.2) is 18.3 Å². The number of hydrogen-bond donors (Lipinski definition) is 1. The van der Waals surface area contributed by atoms with Gasteiger partial charge >= 0.3 is 0 Å². The molecule has 14 heavy (non-hydrogen) atoms. The van der Waals surface area contributed by atoms with E-state index < -0.39 is 0 Å². The van der Waals surface area contributed by atoms with Gasteiger partial charge in [0.2, 0.25) is 0 Å². The fourth-order valence-electron chi connectivity index (χ4n) is 2.09. The summed E-state index contributed by atoms with van der Waals surface area (Å²) < 4.78 is 0. The average molecular weight is 190 g/mol. The summed E-state index contributed by atoms with van der Waals surface area (Å²) >= 11 is 0. The van der Waals surface area contributed by atoms with Gasteiger partial charge in [-0.2, -0.15) is 0 Å². The van der Waals surface area contributed by atoms with Crippen molar-refractivity contribution in [3.8, 4) is 0 Å². The number of nitrogens with zero attached hydrogens (tertiary/aromatic N) is 1. The Morgan fingerprint density at radius 2 is 2.21 bits per heavy atom. The zero-order valence-electron chi connectivity index (χ0n) is 8.79. The van der Waals surface area contributed by atoms with Crippen molar-refractivity contribution in [1.82, 2.24) is 10.3 Å². The number of hydrogen-bond acceptors (Lipinski definition) is 2. The number of rotatable bonds is 2. The third-order valence-electron chi connectivity index (χ3n) is 2.93. The van der Waals surface area contributed by atoms with Gasteiger partial charge in [-0.1, -0.05) is 0 Å². The van der Waals surface area contributed by atoms with Crippen LogP contribution in [-0.2, 0) is 6.42 Å². The lowest BCUT2D eigenvalue weighted by Gasteiger charge is -2.22. The smallest absolute Gasteiger partial charge is 0.0409 e. The van der Waals surface area contributed by atoms with Gasteiger partial charge in [0.25, 0.3) is 0 Å². The molecule has 76 valence electrons. The maximum atomic E-state index is 4.41. The molecule has 1 fully saturated rings. The van der Waals surface area contributed by atoms with E-state index in [-0.39, 0.29) is 0 Å². The maximum absolute atomic E-state index is 4.41. The molecule has 0 amide bonds. The molecule has 1 aliphatic rings. The van der Waals surface area contributed by atoms with Crippen molar-refractivity contribution in [2.45, 2.75) is 26.2 Å². The second-order valence-corrected chi connectivity index (χ2v) is 4.22. The summed E-state index contributed by atoms with van der Waals surface area (Å²) in [6.07, 6.45) is 5.68. The van der Waals surface area contributed by atoms with Crippen LogP contribution in [0.2, 0.25) is 0 Å². The van der Waals surface area contributed by atoms with Gasteiger partial charge in [-0.3, -0.25) is 4.98 Å². The van der Waals surface area contributed by atoms with Crippen LogP contribution in [0, 0.1) is 12.8 Å². The minimum absolute atomic E-state index is 0.838. The number of nitrogens with one attached hydrogen (secondary N) is 1. The van der Waals surface area contributed by atoms with Crippen molar-refractivity contribution in [2.75, 3.05) is 13.1 Å². The highest BCUT2D eigenvalue weighted by atomic mass is 14.9. The van der Waals surface area contributed by atoms with E-state index in [1.54, 1.807) is 0 Å². The monoisotopic (exact) mass is 190 g/mol. The average Bonchev–Trinajstić information content (AvgIpc) is 2.19. The Hall–Kier alpha value is -0.890. The summed E-state index contributed by atoms with van der Waals surface area (Å²) in [4.78, 5) is 4.41. The molecule has 0 aromatic carbocycles. The van der Waals surface area contributed by atoms with Crippen LogP contribution in [0.5, 0.6) is 0 Å². The first-order valence-corrected chi connectivity index (χ1v) is 5.47. The Morgan fingerprint density at radius 1 is 1.43 bits per heavy atom. The van der Waals surface area contributed by atoms with E-state index in [0.29, 0.717) is 0 Å². The molecule has 0 bridgehead atoms. The van der Waals surface area contributed by atoms with E-state index in [2.05, 4.69) is 29.4 Å². The van der Waals surface area contributed by atoms with E-state index in [0.717, 1.165) is 12.3 Å². The van der Waals surface area contributed by atoms with Gasteiger partial charge in [0.1, 0.15) is 0 Å². The van der Waals surface area contributed by atoms with Crippen molar-refractivity contribution >= 4 is 0 Å². The molecule has 0 spiro atoms. The summed E-state index contributed by atoms with van der Waals surface area (Å²) in [5.41, 5.74) is 2.58. The van der Waals surface area contributed by atoms with Gasteiger partial charge in [-0.15, -0.1) is 0 Å². The Bertz CT molecular complexity index is 290. The molecule has 1 aliphatic heterocycles. The fourth-order valence-corrected chi connectivity index (χ4v) is 2.09. The van der Waals surface area contributed by atoms with Crippen LogP contribution in [0.3, 0.4) is 0 Å². The highest BCUT2D eigenvalue weighted by Crippen LogP contribution is 2.16. The normalized spacial score (nSPS) is 18.4. The predicted molar refractivity (Wildman–Crippen MR) is 58.3 cm³/mol. The Morgan fingerprint density at radius 3 is 2.93 bits per heavy atom. The molecule has 1 aromatic rings. The number of pyridine rings is 1. The van der Waals surface area contributed by atoms with E-state index in [9.17, 15) is 0 Å². The van der Waals surface area contributed by atoms with Gasteiger partial charge in [0.15, 0.2) is 0 Å². The highest BCUT2D eigenvalue weighted by molar-refractivity contribution is 5.14. The van der Waals surface area contributed by atoms with E-state index in [1.807, 2.05) is 6.20 Å². The summed E-state index contributed by atoms with van der Waals surface area (Å²) in [5.74, 6) is 0.838. The van der Waals surface area contributed by atoms with Crippen molar-refractivity contribution in [3.05, 3.63) is 29.6 Å². The first-order chi connectivity index (χ1) is 6.84. The third kappa shape index (κ3) is 2.55. The van der Waals surface area contributed by atoms with Gasteiger partial charge in [-0.25, -0.2) is 0 Å². The molecule has 2 heterocycles. The highest BCUT2D eigenvalue weighted by Gasteiger charge is 2.13. The van der Waals surface area contributed by atoms with Gasteiger partial charge < -0.3 is 5.32 Å². The number of aryl methyl sites for hydroxylation is 1. The minimum Gasteiger partial charge on any atom is -0.317 e. The van der Waals surface area contributed by atoms with Crippen LogP contribution in [0.25, 0.3) is 0 Å². The standard InChI is InChI=1S/C12H18N2/c1-10-2-7-14-12(8-10)9-11-3-5-13-6-4-11/h2,7-8,11,13H,3-6,9H2,1H3. The summed E-state index contributed by atoms with van der Waals surface area (Å²) in [6.45, 7) is 4.49. The molecule has 2 heteroatoms. The second-order valence-electron chi connectivity index (χ2n) is 4.22. The lowest BCUT2D eigenvalue weighted by molar-refractivity contribution is 0.370. The van der Waals surface area contributed by atoms with E-state index in [4.69, 9.17) is 0 Å². The zero-order chi connectivity index (χ0) is 9.80. The van der Waals surface area contributed by atoms with Gasteiger partial charge in [-0.05, 0) is 62.9 Å². The van der Waals surface area contributed by atoms with Crippen LogP contribution in [-0.4, -0.2) is 18.1 Å². The molecule has 0 atom stereocenters. The first kappa shape index (κ1) is 9.66. The molecule has 0 radical (unpaired) electrons. The first-order valence-electron chi connectivity index (χ1n) is 5.47. The Balaban J connectivity index is 1.95. The summed E-state index contributed by atoms with van der Waals surface area (Å²) in [5, 5.41) is 3.39. The second kappa shape index (κ2) is 4.56. The Labute approximate surface area is 85.7 Å². The third-order valence-corrected chi connectivity index (χ3v) is 2.93. The van der Waals surface area contributed by atoms with Crippen molar-refractivity contribution in [3.63, 3.8) is 0 Å². The fraction of sp³-hybridized carbons (Fsp3) is 0.583. The lowest BCUT2D eigenvalue weighted by atomic mass is 9.93. The molecule has 1 N–H and O–H groups in total. The summed E-state index contributed by atoms with van der Waals surface area (Å²) in [7, 11) is 0. The Kier molecular flexibility index (Phi) is 3.14. The summed E-state index contributed by atoms with van der Waals surface area (Å²) in [6, 6.07) is 4.27. The van der Waals surface area contributed by atoms with Crippen LogP contribution < -0.4 is 5.32 Å². The number of aromatic nitrogens is 1. The SMILES string of the molecule is Cc1ccnc(CC2CCNCC2)c1. The van der Waals surface area contributed by atoms with Crippen molar-refractivity contribution in [1.29, 1.82) is 0 Å². The van der Waals surface area contributed by atoms with E-state index >= 15 is 0 Å². The topological polar surface area (TPSA) is 24.9 Å². The van der Waals surface area contributed by atoms with Gasteiger partial charge in [0.05, 0.1) is 0 Å². The molecular weight excluding hydrogens is 172 g/mol. The number of piperidine rings is 1. The molecule has 2 rings (SSSR count). The van der Waals surface area contributed by atoms with Gasteiger partial charge in [0, 0.05) is 11.9 Å². The van der Waals surface area contributed by atoms with E-state index in [1.165, 1.54) is 37.2 Å². The van der Waals surface area contributed by atoms with Crippen molar-refractivity contribution < 1.29 is 0 Å². The molecule has 2 nitrogen and oxygen atoms in total. The van der Waals surface area contributed by atoms with Crippen LogP contribution in [0.1, 0.15) is 24.1 Å². The molecule has 0 saturated carbocycles. The van der Waals surface area contributed by atoms with Crippen LogP contribution in [0.4, 0.5) is 0 Å². The molecule has 0 aliphatic carbocycles. The zero-order valence-corrected chi connectivity index (χ0v) is 8.79. The molecule has 1 saturated heterocycles. The quantitative estimate of drug-likeness (QED) is 0.771. The molecule has 1 aromatic heterocycles. The van der Waals surface area contributed by atoms with Crippen molar-refractivity contribution in [2.24, 2.45) is 5.92 Å². The maximum Gasteiger partial charge on any atom is 0.0409 e. The molecule has 0 unspecified atom stereocenters. The van der Waals surface area contributed by atoms with Crippen LogP contribution >= 0.6 is 0 Å². The molecular formula is C12H18N2. The lowest BCUT2D eigenvalue weighted by Crippen LogP contribution is -2.28. The minimum atomic E-state index is 0.838. The largest absolute Gasteiger partial charge is 0.317 e. The predicted octanol–water partition coefficient (Wildman–Crippen LogP) is 1.93.